The van der Waals surface area contributed by atoms with Gasteiger partial charge >= 0.3 is 17.9 Å². The molecule has 120 valence electrons. The lowest BCUT2D eigenvalue weighted by Crippen LogP contribution is -1.92. The molecule has 0 atom stereocenters. The summed E-state index contributed by atoms with van der Waals surface area (Å²) in [5.41, 5.74) is 0.528. The van der Waals surface area contributed by atoms with Crippen molar-refractivity contribution in [2.75, 3.05) is 13.2 Å². The minimum atomic E-state index is -0.935. The lowest BCUT2D eigenvalue weighted by atomic mass is 10.4. The molecule has 7 nitrogen and oxygen atoms in total. The van der Waals surface area contributed by atoms with E-state index in [1.54, 1.807) is 0 Å². The Bertz CT molecular complexity index is 310. The first-order chi connectivity index (χ1) is 9.43. The van der Waals surface area contributed by atoms with Gasteiger partial charge in [0, 0.05) is 16.7 Å². The van der Waals surface area contributed by atoms with E-state index >= 15 is 0 Å². The Morgan fingerprint density at radius 3 is 0.810 bits per heavy atom. The Balaban J connectivity index is -0.000000210. The van der Waals surface area contributed by atoms with Crippen LogP contribution in [0.3, 0.4) is 0 Å². The van der Waals surface area contributed by atoms with Crippen LogP contribution in [0.1, 0.15) is 20.8 Å². The first kappa shape index (κ1) is 23.7. The third-order valence-corrected chi connectivity index (χ3v) is 1.30. The molecule has 0 bridgehead atoms. The Morgan fingerprint density at radius 1 is 0.714 bits per heavy atom. The van der Waals surface area contributed by atoms with Crippen LogP contribution >= 0.6 is 0 Å². The minimum Gasteiger partial charge on any atom is -0.478 e. The van der Waals surface area contributed by atoms with Crippen LogP contribution in [-0.2, 0) is 19.1 Å². The smallest absolute Gasteiger partial charge is 0.330 e. The average molecular weight is 302 g/mol. The van der Waals surface area contributed by atoms with Gasteiger partial charge in [0.15, 0.2) is 0 Å². The second kappa shape index (κ2) is 14.0. The summed E-state index contributed by atoms with van der Waals surface area (Å²) in [7, 11) is 0. The van der Waals surface area contributed by atoms with Crippen molar-refractivity contribution in [1.29, 1.82) is 0 Å². The molecule has 21 heavy (non-hydrogen) atoms. The summed E-state index contributed by atoms with van der Waals surface area (Å²) in [5.74, 6) is -2.81. The second-order valence-electron chi connectivity index (χ2n) is 3.87. The van der Waals surface area contributed by atoms with Crippen molar-refractivity contribution in [2.45, 2.75) is 20.8 Å². The Labute approximate surface area is 123 Å². The number of epoxide rings is 1. The summed E-state index contributed by atoms with van der Waals surface area (Å²) in [5, 5.41) is 23.7. The van der Waals surface area contributed by atoms with E-state index in [0.717, 1.165) is 13.2 Å². The first-order valence-electron chi connectivity index (χ1n) is 5.67. The standard InChI is InChI=1S/3C4H6O2.C2H4O/c3*1-3(2)4(5)6;1-2-3-1/h3*1H2,2H3,(H,5,6);1-2H2. The van der Waals surface area contributed by atoms with Gasteiger partial charge in [0.05, 0.1) is 13.2 Å². The van der Waals surface area contributed by atoms with E-state index in [9.17, 15) is 14.4 Å². The molecule has 0 aromatic rings. The molecule has 0 radical (unpaired) electrons. The van der Waals surface area contributed by atoms with Gasteiger partial charge in [-0.15, -0.1) is 0 Å². The quantitative estimate of drug-likeness (QED) is 0.537. The summed E-state index contributed by atoms with van der Waals surface area (Å²) in [6.07, 6.45) is 0. The van der Waals surface area contributed by atoms with Crippen molar-refractivity contribution >= 4 is 17.9 Å². The highest BCUT2D eigenvalue weighted by Gasteiger charge is 1.94. The molecule has 1 heterocycles. The van der Waals surface area contributed by atoms with Gasteiger partial charge in [-0.2, -0.15) is 0 Å². The molecule has 7 heteroatoms. The van der Waals surface area contributed by atoms with Crippen molar-refractivity contribution in [3.63, 3.8) is 0 Å². The van der Waals surface area contributed by atoms with Crippen LogP contribution in [0.15, 0.2) is 36.5 Å². The van der Waals surface area contributed by atoms with Gasteiger partial charge < -0.3 is 20.1 Å². The highest BCUT2D eigenvalue weighted by Crippen LogP contribution is 1.84. The predicted octanol–water partition coefficient (Wildman–Crippen LogP) is 1.96. The molecular formula is C14H22O7. The van der Waals surface area contributed by atoms with E-state index in [4.69, 9.17) is 15.3 Å². The summed E-state index contributed by atoms with van der Waals surface area (Å²) in [6, 6.07) is 0. The van der Waals surface area contributed by atoms with Crippen LogP contribution in [0, 0.1) is 0 Å². The molecule has 3 N–H and O–H groups in total. The minimum absolute atomic E-state index is 0.176. The topological polar surface area (TPSA) is 124 Å². The molecule has 0 aliphatic carbocycles. The largest absolute Gasteiger partial charge is 0.478 e. The Kier molecular flexibility index (Phi) is 15.8. The van der Waals surface area contributed by atoms with E-state index in [2.05, 4.69) is 24.5 Å². The van der Waals surface area contributed by atoms with Gasteiger partial charge in [-0.25, -0.2) is 14.4 Å². The van der Waals surface area contributed by atoms with Crippen LogP contribution in [-0.4, -0.2) is 46.4 Å². The Morgan fingerprint density at radius 2 is 0.810 bits per heavy atom. The number of carbonyl (C=O) groups is 3. The molecule has 1 saturated heterocycles. The number of carboxylic acids is 3. The lowest BCUT2D eigenvalue weighted by Gasteiger charge is -1.79. The molecule has 1 aliphatic rings. The van der Waals surface area contributed by atoms with Crippen molar-refractivity contribution in [3.8, 4) is 0 Å². The van der Waals surface area contributed by atoms with Gasteiger partial charge in [0.1, 0.15) is 0 Å². The number of aliphatic carboxylic acids is 3. The molecule has 1 rings (SSSR count). The van der Waals surface area contributed by atoms with Gasteiger partial charge in [0.25, 0.3) is 0 Å². The maximum atomic E-state index is 9.60. The van der Waals surface area contributed by atoms with Crippen LogP contribution in [0.4, 0.5) is 0 Å². The zero-order chi connectivity index (χ0) is 17.6. The summed E-state index contributed by atoms with van der Waals surface area (Å²) in [6.45, 7) is 15.8. The zero-order valence-electron chi connectivity index (χ0n) is 12.5. The van der Waals surface area contributed by atoms with E-state index in [-0.39, 0.29) is 16.7 Å². The normalized spacial score (nSPS) is 9.86. The molecule has 0 saturated carbocycles. The maximum Gasteiger partial charge on any atom is 0.330 e. The van der Waals surface area contributed by atoms with Crippen LogP contribution in [0.25, 0.3) is 0 Å². The number of carboxylic acid groups (broad SMARTS) is 3. The highest BCUT2D eigenvalue weighted by atomic mass is 16.6. The fraction of sp³-hybridized carbons (Fsp3) is 0.357. The van der Waals surface area contributed by atoms with Gasteiger partial charge in [-0.1, -0.05) is 19.7 Å². The number of hydrogen-bond acceptors (Lipinski definition) is 4. The molecule has 0 unspecified atom stereocenters. The number of hydrogen-bond donors (Lipinski definition) is 3. The molecule has 0 aromatic carbocycles. The predicted molar refractivity (Wildman–Crippen MR) is 78.2 cm³/mol. The summed E-state index contributed by atoms with van der Waals surface area (Å²) < 4.78 is 4.50. The van der Waals surface area contributed by atoms with Crippen molar-refractivity contribution in [3.05, 3.63) is 36.5 Å². The van der Waals surface area contributed by atoms with Gasteiger partial charge in [-0.3, -0.25) is 0 Å². The first-order valence-corrected chi connectivity index (χ1v) is 5.67. The van der Waals surface area contributed by atoms with Crippen molar-refractivity contribution in [1.82, 2.24) is 0 Å². The average Bonchev–Trinajstić information content (AvgIpc) is 3.17. The third-order valence-electron chi connectivity index (χ3n) is 1.30. The molecular weight excluding hydrogens is 280 g/mol. The molecule has 0 amide bonds. The molecule has 1 aliphatic heterocycles. The summed E-state index contributed by atoms with van der Waals surface area (Å²) in [4.78, 5) is 28.8. The fourth-order valence-electron chi connectivity index (χ4n) is 0. The van der Waals surface area contributed by atoms with E-state index in [1.807, 2.05) is 0 Å². The van der Waals surface area contributed by atoms with Crippen LogP contribution < -0.4 is 0 Å². The fourth-order valence-corrected chi connectivity index (χ4v) is 0. The van der Waals surface area contributed by atoms with Gasteiger partial charge in [0.2, 0.25) is 0 Å². The zero-order valence-corrected chi connectivity index (χ0v) is 12.5. The second-order valence-corrected chi connectivity index (χ2v) is 3.87. The molecule has 0 aromatic heterocycles. The van der Waals surface area contributed by atoms with Crippen molar-refractivity contribution < 1.29 is 34.4 Å². The van der Waals surface area contributed by atoms with Crippen molar-refractivity contribution in [2.24, 2.45) is 0 Å². The maximum absolute atomic E-state index is 9.60. The van der Waals surface area contributed by atoms with E-state index in [0.29, 0.717) is 0 Å². The highest BCUT2D eigenvalue weighted by molar-refractivity contribution is 5.85. The SMILES string of the molecule is C1CO1.C=C(C)C(=O)O.C=C(C)C(=O)O.C=C(C)C(=O)O. The third kappa shape index (κ3) is 38.1. The van der Waals surface area contributed by atoms with Gasteiger partial charge in [-0.05, 0) is 20.8 Å². The molecule has 1 fully saturated rings. The monoisotopic (exact) mass is 302 g/mol. The number of ether oxygens (including phenoxy) is 1. The summed E-state index contributed by atoms with van der Waals surface area (Å²) >= 11 is 0. The number of rotatable bonds is 3. The van der Waals surface area contributed by atoms with Crippen LogP contribution in [0.2, 0.25) is 0 Å². The van der Waals surface area contributed by atoms with E-state index in [1.165, 1.54) is 20.8 Å². The van der Waals surface area contributed by atoms with Crippen LogP contribution in [0.5, 0.6) is 0 Å². The molecule has 0 spiro atoms. The Hall–Kier alpha value is -2.41. The van der Waals surface area contributed by atoms with E-state index < -0.39 is 17.9 Å². The lowest BCUT2D eigenvalue weighted by molar-refractivity contribution is -0.133.